The standard InChI is InChI=1S/C33H35N3O/c1-23-13-14-27-29(35-23)12-7-16-33(27)22-34-21-28(33)31(37)36-19-18-32(17-15-24-8-5-6-11-26(24)32)20-30(36)25-9-3-2-4-10-25/h2-6,8-11,13-15,17,28,30,34H,7,12,16,18-22H2,1H3/t28-,30?,32?,33-/m0/s1. The topological polar surface area (TPSA) is 45.2 Å². The normalized spacial score (nSPS) is 30.0. The fraction of sp³-hybridized carbons (Fsp3) is 0.394. The molecule has 3 aromatic rings. The highest BCUT2D eigenvalue weighted by molar-refractivity contribution is 5.83. The molecule has 2 saturated heterocycles. The zero-order valence-electron chi connectivity index (χ0n) is 21.6. The largest absolute Gasteiger partial charge is 0.335 e. The average molecular weight is 490 g/mol. The molecule has 4 aliphatic rings. The van der Waals surface area contributed by atoms with Crippen molar-refractivity contribution >= 4 is 12.0 Å². The number of carbonyl (C=O) groups excluding carboxylic acids is 1. The van der Waals surface area contributed by atoms with Gasteiger partial charge in [0.2, 0.25) is 5.91 Å². The summed E-state index contributed by atoms with van der Waals surface area (Å²) in [5.74, 6) is 0.264. The molecule has 7 rings (SSSR count). The maximum Gasteiger partial charge on any atom is 0.228 e. The Kier molecular flexibility index (Phi) is 5.37. The summed E-state index contributed by atoms with van der Waals surface area (Å²) in [7, 11) is 0. The lowest BCUT2D eigenvalue weighted by Crippen LogP contribution is -2.52. The zero-order valence-corrected chi connectivity index (χ0v) is 21.6. The summed E-state index contributed by atoms with van der Waals surface area (Å²) >= 11 is 0. The van der Waals surface area contributed by atoms with Crippen molar-refractivity contribution in [2.75, 3.05) is 19.6 Å². The summed E-state index contributed by atoms with van der Waals surface area (Å²) in [6.45, 7) is 4.46. The molecule has 2 aliphatic carbocycles. The van der Waals surface area contributed by atoms with Crippen LogP contribution in [0.15, 0.2) is 72.8 Å². The molecule has 188 valence electrons. The summed E-state index contributed by atoms with van der Waals surface area (Å²) < 4.78 is 0. The van der Waals surface area contributed by atoms with Gasteiger partial charge in [-0.3, -0.25) is 9.78 Å². The van der Waals surface area contributed by atoms with E-state index in [2.05, 4.69) is 96.0 Å². The first-order chi connectivity index (χ1) is 18.1. The van der Waals surface area contributed by atoms with Crippen LogP contribution in [0.3, 0.4) is 0 Å². The number of nitrogens with one attached hydrogen (secondary N) is 1. The molecule has 2 spiro atoms. The monoisotopic (exact) mass is 489 g/mol. The summed E-state index contributed by atoms with van der Waals surface area (Å²) in [6, 6.07) is 24.0. The van der Waals surface area contributed by atoms with Crippen molar-refractivity contribution in [1.82, 2.24) is 15.2 Å². The highest BCUT2D eigenvalue weighted by Gasteiger charge is 2.53. The quantitative estimate of drug-likeness (QED) is 0.516. The van der Waals surface area contributed by atoms with E-state index < -0.39 is 0 Å². The van der Waals surface area contributed by atoms with Crippen LogP contribution in [-0.4, -0.2) is 35.4 Å². The number of carbonyl (C=O) groups is 1. The lowest BCUT2D eigenvalue weighted by atomic mass is 9.64. The first kappa shape index (κ1) is 22.9. The van der Waals surface area contributed by atoms with E-state index >= 15 is 0 Å². The third-order valence-electron chi connectivity index (χ3n) is 9.72. The number of allylic oxidation sites excluding steroid dienone is 1. The minimum atomic E-state index is -0.151. The van der Waals surface area contributed by atoms with Crippen LogP contribution in [0.1, 0.15) is 65.4 Å². The van der Waals surface area contributed by atoms with E-state index in [-0.39, 0.29) is 22.8 Å². The summed E-state index contributed by atoms with van der Waals surface area (Å²) in [5, 5.41) is 3.64. The Labute approximate surface area is 219 Å². The molecular formula is C33H35N3O. The van der Waals surface area contributed by atoms with Gasteiger partial charge in [-0.25, -0.2) is 0 Å². The number of pyridine rings is 1. The van der Waals surface area contributed by atoms with Gasteiger partial charge in [-0.15, -0.1) is 0 Å². The lowest BCUT2D eigenvalue weighted by Gasteiger charge is -2.48. The van der Waals surface area contributed by atoms with Gasteiger partial charge in [0.1, 0.15) is 0 Å². The molecular weight excluding hydrogens is 454 g/mol. The number of piperidine rings is 1. The van der Waals surface area contributed by atoms with Crippen molar-refractivity contribution in [1.29, 1.82) is 0 Å². The number of aromatic nitrogens is 1. The lowest BCUT2D eigenvalue weighted by molar-refractivity contribution is -0.141. The first-order valence-electron chi connectivity index (χ1n) is 13.9. The molecule has 0 bridgehead atoms. The van der Waals surface area contributed by atoms with E-state index in [1.54, 1.807) is 0 Å². The molecule has 4 heteroatoms. The highest BCUT2D eigenvalue weighted by Crippen LogP contribution is 2.51. The van der Waals surface area contributed by atoms with Crippen LogP contribution in [0, 0.1) is 12.8 Å². The van der Waals surface area contributed by atoms with Gasteiger partial charge in [-0.1, -0.05) is 72.8 Å². The molecule has 2 aromatic carbocycles. The molecule has 0 radical (unpaired) electrons. The Hall–Kier alpha value is -3.24. The number of likely N-dealkylation sites (tertiary alicyclic amines) is 1. The van der Waals surface area contributed by atoms with Gasteiger partial charge in [0.15, 0.2) is 0 Å². The predicted octanol–water partition coefficient (Wildman–Crippen LogP) is 5.51. The van der Waals surface area contributed by atoms with Gasteiger partial charge < -0.3 is 10.2 Å². The van der Waals surface area contributed by atoms with Gasteiger partial charge in [0.05, 0.1) is 12.0 Å². The number of benzene rings is 2. The van der Waals surface area contributed by atoms with Crippen LogP contribution in [0.5, 0.6) is 0 Å². The molecule has 1 aromatic heterocycles. The molecule has 3 heterocycles. The molecule has 1 amide bonds. The second-order valence-corrected chi connectivity index (χ2v) is 11.6. The van der Waals surface area contributed by atoms with Crippen LogP contribution in [0.2, 0.25) is 0 Å². The second kappa shape index (κ2) is 8.66. The number of hydrogen-bond acceptors (Lipinski definition) is 3. The summed E-state index contributed by atoms with van der Waals surface area (Å²) in [5.41, 5.74) is 7.43. The van der Waals surface area contributed by atoms with Crippen molar-refractivity contribution in [2.24, 2.45) is 5.92 Å². The molecule has 4 atom stereocenters. The number of hydrogen-bond donors (Lipinski definition) is 1. The molecule has 2 aliphatic heterocycles. The predicted molar refractivity (Wildman–Crippen MR) is 147 cm³/mol. The van der Waals surface area contributed by atoms with Crippen molar-refractivity contribution in [2.45, 2.75) is 55.9 Å². The molecule has 2 unspecified atom stereocenters. The van der Waals surface area contributed by atoms with Crippen LogP contribution in [0.4, 0.5) is 0 Å². The Balaban J connectivity index is 1.26. The molecule has 2 fully saturated rings. The number of aryl methyl sites for hydroxylation is 2. The minimum Gasteiger partial charge on any atom is -0.335 e. The van der Waals surface area contributed by atoms with Gasteiger partial charge in [-0.05, 0) is 67.3 Å². The molecule has 1 N–H and O–H groups in total. The number of fused-ring (bicyclic) bond motifs is 4. The third kappa shape index (κ3) is 3.53. The smallest absolute Gasteiger partial charge is 0.228 e. The van der Waals surface area contributed by atoms with Gasteiger partial charge in [-0.2, -0.15) is 0 Å². The summed E-state index contributed by atoms with van der Waals surface area (Å²) in [6.07, 6.45) is 9.78. The fourth-order valence-electron chi connectivity index (χ4n) is 7.89. The summed E-state index contributed by atoms with van der Waals surface area (Å²) in [4.78, 5) is 21.8. The highest BCUT2D eigenvalue weighted by atomic mass is 16.2. The minimum absolute atomic E-state index is 0.00161. The number of nitrogens with zero attached hydrogens (tertiary/aromatic N) is 2. The van der Waals surface area contributed by atoms with Gasteiger partial charge in [0, 0.05) is 41.9 Å². The maximum absolute atomic E-state index is 14.6. The van der Waals surface area contributed by atoms with Gasteiger partial charge in [0.25, 0.3) is 0 Å². The van der Waals surface area contributed by atoms with Crippen molar-refractivity contribution in [3.8, 4) is 0 Å². The van der Waals surface area contributed by atoms with Crippen LogP contribution in [-0.2, 0) is 22.0 Å². The van der Waals surface area contributed by atoms with E-state index in [9.17, 15) is 4.79 Å². The Morgan fingerprint density at radius 3 is 2.73 bits per heavy atom. The van der Waals surface area contributed by atoms with Crippen LogP contribution in [0.25, 0.3) is 6.08 Å². The van der Waals surface area contributed by atoms with E-state index in [0.29, 0.717) is 5.91 Å². The van der Waals surface area contributed by atoms with Crippen molar-refractivity contribution in [3.05, 3.63) is 106 Å². The van der Waals surface area contributed by atoms with Crippen molar-refractivity contribution < 1.29 is 4.79 Å². The zero-order chi connectivity index (χ0) is 25.0. The van der Waals surface area contributed by atoms with E-state index in [0.717, 1.165) is 57.4 Å². The van der Waals surface area contributed by atoms with Crippen LogP contribution < -0.4 is 5.32 Å². The van der Waals surface area contributed by atoms with Crippen molar-refractivity contribution in [3.63, 3.8) is 0 Å². The van der Waals surface area contributed by atoms with E-state index in [4.69, 9.17) is 4.98 Å². The molecule has 37 heavy (non-hydrogen) atoms. The number of amides is 1. The molecule has 4 nitrogen and oxygen atoms in total. The van der Waals surface area contributed by atoms with Crippen LogP contribution >= 0.6 is 0 Å². The maximum atomic E-state index is 14.6. The fourth-order valence-corrected chi connectivity index (χ4v) is 7.89. The van der Waals surface area contributed by atoms with E-state index in [1.165, 1.54) is 27.9 Å². The SMILES string of the molecule is Cc1ccc2c(n1)CCC[C@]21CNC[C@H]1C(=O)N1CCC2(C=Cc3ccccc32)CC1c1ccccc1. The third-order valence-corrected chi connectivity index (χ3v) is 9.72. The van der Waals surface area contributed by atoms with Gasteiger partial charge >= 0.3 is 0 Å². The average Bonchev–Trinajstić information content (AvgIpc) is 3.51. The van der Waals surface area contributed by atoms with E-state index in [1.807, 2.05) is 0 Å². The first-order valence-corrected chi connectivity index (χ1v) is 13.9. The Morgan fingerprint density at radius 1 is 1.00 bits per heavy atom. The molecule has 0 saturated carbocycles. The Morgan fingerprint density at radius 2 is 1.84 bits per heavy atom. The number of rotatable bonds is 2. The Bertz CT molecular complexity index is 1380. The second-order valence-electron chi connectivity index (χ2n) is 11.6.